The summed E-state index contributed by atoms with van der Waals surface area (Å²) >= 11 is 7.79. The molecule has 1 atom stereocenters. The van der Waals surface area contributed by atoms with E-state index >= 15 is 0 Å². The summed E-state index contributed by atoms with van der Waals surface area (Å²) in [7, 11) is 0. The van der Waals surface area contributed by atoms with Crippen LogP contribution in [0.25, 0.3) is 0 Å². The molecule has 0 radical (unpaired) electrons. The van der Waals surface area contributed by atoms with Gasteiger partial charge in [0, 0.05) is 10.9 Å². The van der Waals surface area contributed by atoms with E-state index in [1.807, 2.05) is 6.07 Å². The van der Waals surface area contributed by atoms with Crippen molar-refractivity contribution in [1.82, 2.24) is 5.32 Å². The van der Waals surface area contributed by atoms with Crippen LogP contribution in [0.15, 0.2) is 12.1 Å². The maximum atomic E-state index is 6.06. The molecule has 1 aromatic rings. The molecule has 0 aromatic carbocycles. The number of thiophene rings is 1. The van der Waals surface area contributed by atoms with Crippen LogP contribution < -0.4 is 5.32 Å². The summed E-state index contributed by atoms with van der Waals surface area (Å²) < 4.78 is 0.905. The minimum Gasteiger partial charge on any atom is -0.309 e. The van der Waals surface area contributed by atoms with Gasteiger partial charge >= 0.3 is 0 Å². The maximum Gasteiger partial charge on any atom is 0.0931 e. The number of hydrogen-bond acceptors (Lipinski definition) is 2. The van der Waals surface area contributed by atoms with Crippen LogP contribution in [-0.2, 0) is 0 Å². The van der Waals surface area contributed by atoms with E-state index in [0.717, 1.165) is 10.9 Å². The van der Waals surface area contributed by atoms with Crippen LogP contribution in [0.1, 0.15) is 82.6 Å². The van der Waals surface area contributed by atoms with Crippen molar-refractivity contribution in [2.45, 2.75) is 77.7 Å². The molecule has 0 saturated carbocycles. The second-order valence-electron chi connectivity index (χ2n) is 5.56. The van der Waals surface area contributed by atoms with Crippen molar-refractivity contribution in [3.05, 3.63) is 21.3 Å². The molecule has 1 N–H and O–H groups in total. The van der Waals surface area contributed by atoms with Crippen LogP contribution in [0.5, 0.6) is 0 Å². The molecule has 1 aromatic heterocycles. The normalized spacial score (nSPS) is 12.8. The Morgan fingerprint density at radius 2 is 1.70 bits per heavy atom. The highest BCUT2D eigenvalue weighted by Crippen LogP contribution is 2.30. The fourth-order valence-corrected chi connectivity index (χ4v) is 3.66. The van der Waals surface area contributed by atoms with Crippen LogP contribution in [-0.4, -0.2) is 6.54 Å². The molecular formula is C17H30ClNS. The van der Waals surface area contributed by atoms with Crippen molar-refractivity contribution in [1.29, 1.82) is 0 Å². The Hall–Kier alpha value is -0.0500. The van der Waals surface area contributed by atoms with E-state index in [-0.39, 0.29) is 0 Å². The standard InChI is InChI=1S/C17H30ClNS/c1-3-5-6-7-8-9-10-11-15(19-14-4-2)16-12-13-17(18)20-16/h12-13,15,19H,3-11,14H2,1-2H3. The Balaban J connectivity index is 2.23. The number of hydrogen-bond donors (Lipinski definition) is 1. The first kappa shape index (κ1) is 18.0. The van der Waals surface area contributed by atoms with E-state index in [2.05, 4.69) is 25.2 Å². The van der Waals surface area contributed by atoms with E-state index in [1.54, 1.807) is 11.3 Å². The average molecular weight is 316 g/mol. The maximum absolute atomic E-state index is 6.06. The number of unbranched alkanes of at least 4 members (excludes halogenated alkanes) is 6. The van der Waals surface area contributed by atoms with E-state index in [1.165, 1.54) is 62.7 Å². The highest BCUT2D eigenvalue weighted by molar-refractivity contribution is 7.16. The second kappa shape index (κ2) is 11.6. The molecule has 0 aliphatic carbocycles. The molecule has 1 rings (SSSR count). The first-order valence-corrected chi connectivity index (χ1v) is 9.46. The van der Waals surface area contributed by atoms with Gasteiger partial charge in [0.1, 0.15) is 0 Å². The van der Waals surface area contributed by atoms with Gasteiger partial charge in [-0.05, 0) is 31.5 Å². The number of halogens is 1. The van der Waals surface area contributed by atoms with Crippen molar-refractivity contribution in [3.63, 3.8) is 0 Å². The number of rotatable bonds is 12. The predicted molar refractivity (Wildman–Crippen MR) is 93.0 cm³/mol. The zero-order valence-corrected chi connectivity index (χ0v) is 14.7. The van der Waals surface area contributed by atoms with Gasteiger partial charge < -0.3 is 5.32 Å². The fourth-order valence-electron chi connectivity index (χ4n) is 2.48. The second-order valence-corrected chi connectivity index (χ2v) is 7.31. The first-order valence-electron chi connectivity index (χ1n) is 8.26. The Morgan fingerprint density at radius 1 is 1.00 bits per heavy atom. The van der Waals surface area contributed by atoms with Crippen molar-refractivity contribution in [3.8, 4) is 0 Å². The molecule has 1 heterocycles. The lowest BCUT2D eigenvalue weighted by Crippen LogP contribution is -2.21. The molecule has 0 fully saturated rings. The van der Waals surface area contributed by atoms with Gasteiger partial charge in [0.05, 0.1) is 4.34 Å². The first-order chi connectivity index (χ1) is 9.77. The van der Waals surface area contributed by atoms with Crippen LogP contribution in [0.4, 0.5) is 0 Å². The van der Waals surface area contributed by atoms with Gasteiger partial charge in [0.2, 0.25) is 0 Å². The van der Waals surface area contributed by atoms with Crippen LogP contribution >= 0.6 is 22.9 Å². The minimum atomic E-state index is 0.503. The third kappa shape index (κ3) is 7.66. The molecular weight excluding hydrogens is 286 g/mol. The van der Waals surface area contributed by atoms with Gasteiger partial charge in [0.25, 0.3) is 0 Å². The fraction of sp³-hybridized carbons (Fsp3) is 0.765. The van der Waals surface area contributed by atoms with Crippen LogP contribution in [0, 0.1) is 0 Å². The number of nitrogens with one attached hydrogen (secondary N) is 1. The molecule has 20 heavy (non-hydrogen) atoms. The Morgan fingerprint density at radius 3 is 2.30 bits per heavy atom. The lowest BCUT2D eigenvalue weighted by Gasteiger charge is -2.17. The molecule has 0 aliphatic heterocycles. The van der Waals surface area contributed by atoms with Crippen LogP contribution in [0.3, 0.4) is 0 Å². The smallest absolute Gasteiger partial charge is 0.0931 e. The van der Waals surface area contributed by atoms with E-state index < -0.39 is 0 Å². The molecule has 1 nitrogen and oxygen atoms in total. The third-order valence-corrected chi connectivity index (χ3v) is 5.02. The van der Waals surface area contributed by atoms with Gasteiger partial charge in [-0.2, -0.15) is 0 Å². The summed E-state index contributed by atoms with van der Waals surface area (Å²) in [6.45, 7) is 5.59. The van der Waals surface area contributed by atoms with Crippen molar-refractivity contribution in [2.24, 2.45) is 0 Å². The Bertz CT molecular complexity index is 337. The van der Waals surface area contributed by atoms with Gasteiger partial charge in [-0.25, -0.2) is 0 Å². The summed E-state index contributed by atoms with van der Waals surface area (Å²) in [6.07, 6.45) is 12.1. The van der Waals surface area contributed by atoms with Gasteiger partial charge in [-0.1, -0.05) is 70.4 Å². The minimum absolute atomic E-state index is 0.503. The third-order valence-electron chi connectivity index (χ3n) is 3.67. The zero-order valence-electron chi connectivity index (χ0n) is 13.1. The molecule has 0 amide bonds. The van der Waals surface area contributed by atoms with Crippen molar-refractivity contribution in [2.75, 3.05) is 6.54 Å². The van der Waals surface area contributed by atoms with Gasteiger partial charge in [-0.15, -0.1) is 11.3 Å². The van der Waals surface area contributed by atoms with Crippen LogP contribution in [0.2, 0.25) is 4.34 Å². The summed E-state index contributed by atoms with van der Waals surface area (Å²) in [6, 6.07) is 4.71. The Labute approximate surface area is 134 Å². The van der Waals surface area contributed by atoms with Crippen molar-refractivity contribution < 1.29 is 0 Å². The van der Waals surface area contributed by atoms with E-state index in [4.69, 9.17) is 11.6 Å². The topological polar surface area (TPSA) is 12.0 Å². The van der Waals surface area contributed by atoms with E-state index in [9.17, 15) is 0 Å². The average Bonchev–Trinajstić information content (AvgIpc) is 2.87. The highest BCUT2D eigenvalue weighted by Gasteiger charge is 2.12. The lowest BCUT2D eigenvalue weighted by atomic mass is 10.0. The van der Waals surface area contributed by atoms with Gasteiger partial charge in [-0.3, -0.25) is 0 Å². The largest absolute Gasteiger partial charge is 0.309 e. The molecule has 3 heteroatoms. The SMILES string of the molecule is CCCCCCCCCC(NCCC)c1ccc(Cl)s1. The van der Waals surface area contributed by atoms with Gasteiger partial charge in [0.15, 0.2) is 0 Å². The summed E-state index contributed by atoms with van der Waals surface area (Å²) in [5.74, 6) is 0. The lowest BCUT2D eigenvalue weighted by molar-refractivity contribution is 0.471. The highest BCUT2D eigenvalue weighted by atomic mass is 35.5. The molecule has 116 valence electrons. The predicted octanol–water partition coefficient (Wildman–Crippen LogP) is 6.58. The van der Waals surface area contributed by atoms with Crippen molar-refractivity contribution >= 4 is 22.9 Å². The Kier molecular flexibility index (Phi) is 10.4. The summed E-state index contributed by atoms with van der Waals surface area (Å²) in [5, 5.41) is 3.66. The quantitative estimate of drug-likeness (QED) is 0.429. The summed E-state index contributed by atoms with van der Waals surface area (Å²) in [4.78, 5) is 1.40. The monoisotopic (exact) mass is 315 g/mol. The summed E-state index contributed by atoms with van der Waals surface area (Å²) in [5.41, 5.74) is 0. The molecule has 0 spiro atoms. The molecule has 1 unspecified atom stereocenters. The van der Waals surface area contributed by atoms with E-state index in [0.29, 0.717) is 6.04 Å². The molecule has 0 saturated heterocycles. The molecule has 0 aliphatic rings. The zero-order chi connectivity index (χ0) is 14.6. The molecule has 0 bridgehead atoms.